The van der Waals surface area contributed by atoms with Gasteiger partial charge in [0.15, 0.2) is 22.5 Å². The Hall–Kier alpha value is -3.06. The van der Waals surface area contributed by atoms with Gasteiger partial charge in [0.1, 0.15) is 0 Å². The minimum Gasteiger partial charge on any atom is -0.504 e. The molecular weight excluding hydrogens is 567 g/mol. The summed E-state index contributed by atoms with van der Waals surface area (Å²) in [6, 6.07) is 12.8. The van der Waals surface area contributed by atoms with Crippen LogP contribution in [-0.4, -0.2) is 44.4 Å². The Morgan fingerprint density at radius 1 is 1.32 bits per heavy atom. The van der Waals surface area contributed by atoms with E-state index in [1.807, 2.05) is 28.8 Å². The van der Waals surface area contributed by atoms with Crippen LogP contribution in [0.25, 0.3) is 0 Å². The van der Waals surface area contributed by atoms with Crippen LogP contribution < -0.4 is 15.5 Å². The molecule has 0 saturated heterocycles. The summed E-state index contributed by atoms with van der Waals surface area (Å²) in [7, 11) is 1.46. The lowest BCUT2D eigenvalue weighted by Crippen LogP contribution is -2.27. The summed E-state index contributed by atoms with van der Waals surface area (Å²) < 4.78 is 8.16. The van der Waals surface area contributed by atoms with E-state index in [0.717, 1.165) is 15.1 Å². The van der Waals surface area contributed by atoms with Gasteiger partial charge in [-0.15, -0.1) is 16.8 Å². The summed E-state index contributed by atoms with van der Waals surface area (Å²) in [5, 5.41) is 25.7. The third-order valence-electron chi connectivity index (χ3n) is 4.64. The number of carbonyl (C=O) groups excluding carboxylic acids is 1. The highest BCUT2D eigenvalue weighted by molar-refractivity contribution is 14.1. The number of nitrogens with zero attached hydrogens (tertiary/aromatic N) is 4. The molecule has 2 aromatic carbocycles. The fourth-order valence-corrected chi connectivity index (χ4v) is 4.08. The second-order valence-corrected chi connectivity index (χ2v) is 9.64. The van der Waals surface area contributed by atoms with Crippen molar-refractivity contribution in [1.82, 2.24) is 20.2 Å². The Kier molecular flexibility index (Phi) is 9.33. The zero-order valence-electron chi connectivity index (χ0n) is 18.7. The number of ether oxygens (including phenoxy) is 1. The number of anilines is 1. The first kappa shape index (κ1) is 25.6. The second kappa shape index (κ2) is 12.4. The molecule has 3 aromatic rings. The van der Waals surface area contributed by atoms with Crippen LogP contribution in [0.5, 0.6) is 11.5 Å². The molecule has 11 heteroatoms. The summed E-state index contributed by atoms with van der Waals surface area (Å²) in [5.41, 5.74) is 4.19. The van der Waals surface area contributed by atoms with E-state index in [-0.39, 0.29) is 11.7 Å². The minimum atomic E-state index is -0.462. The molecule has 178 valence electrons. The van der Waals surface area contributed by atoms with E-state index in [4.69, 9.17) is 4.74 Å². The third-order valence-corrected chi connectivity index (χ3v) is 6.44. The van der Waals surface area contributed by atoms with Crippen molar-refractivity contribution >= 4 is 52.2 Å². The Labute approximate surface area is 215 Å². The molecule has 0 bridgehead atoms. The number of allylic oxidation sites excluding steroid dienone is 1. The lowest BCUT2D eigenvalue weighted by atomic mass is 10.2. The molecule has 0 aliphatic heterocycles. The summed E-state index contributed by atoms with van der Waals surface area (Å²) in [4.78, 5) is 12.5. The molecule has 9 nitrogen and oxygen atoms in total. The molecule has 0 saturated carbocycles. The van der Waals surface area contributed by atoms with Gasteiger partial charge in [0.25, 0.3) is 5.91 Å². The number of hydrogen-bond acceptors (Lipinski definition) is 8. The Morgan fingerprint density at radius 3 is 2.79 bits per heavy atom. The number of aromatic hydroxyl groups is 1. The van der Waals surface area contributed by atoms with Crippen molar-refractivity contribution in [1.29, 1.82) is 0 Å². The van der Waals surface area contributed by atoms with E-state index in [1.165, 1.54) is 31.2 Å². The quantitative estimate of drug-likeness (QED) is 0.101. The van der Waals surface area contributed by atoms with Gasteiger partial charge in [-0.2, -0.15) is 5.10 Å². The number of rotatable bonds is 11. The average Bonchev–Trinajstić information content (AvgIpc) is 3.20. The van der Waals surface area contributed by atoms with Crippen molar-refractivity contribution in [3.05, 3.63) is 70.1 Å². The van der Waals surface area contributed by atoms with Crippen LogP contribution in [0.1, 0.15) is 18.3 Å². The van der Waals surface area contributed by atoms with Crippen molar-refractivity contribution in [2.45, 2.75) is 30.4 Å². The fourth-order valence-electron chi connectivity index (χ4n) is 2.85. The number of hydrazone groups is 1. The van der Waals surface area contributed by atoms with Gasteiger partial charge in [0.05, 0.1) is 25.1 Å². The van der Waals surface area contributed by atoms with Gasteiger partial charge in [-0.05, 0) is 77.5 Å². The van der Waals surface area contributed by atoms with E-state index in [0.29, 0.717) is 29.6 Å². The van der Waals surface area contributed by atoms with Crippen LogP contribution >= 0.6 is 34.4 Å². The number of hydrogen-bond donors (Lipinski definition) is 3. The van der Waals surface area contributed by atoms with Crippen molar-refractivity contribution in [2.75, 3.05) is 12.4 Å². The van der Waals surface area contributed by atoms with Gasteiger partial charge in [-0.1, -0.05) is 17.8 Å². The van der Waals surface area contributed by atoms with Gasteiger partial charge in [0.2, 0.25) is 0 Å². The molecule has 3 N–H and O–H groups in total. The molecule has 3 rings (SSSR count). The zero-order valence-corrected chi connectivity index (χ0v) is 21.7. The predicted octanol–water partition coefficient (Wildman–Crippen LogP) is 4.03. The van der Waals surface area contributed by atoms with Gasteiger partial charge < -0.3 is 19.7 Å². The van der Waals surface area contributed by atoms with E-state index in [9.17, 15) is 9.90 Å². The summed E-state index contributed by atoms with van der Waals surface area (Å²) >= 11 is 3.55. The fraction of sp³-hybridized carbons (Fsp3) is 0.217. The normalized spacial score (nSPS) is 11.9. The van der Waals surface area contributed by atoms with E-state index >= 15 is 0 Å². The molecule has 0 aliphatic rings. The number of phenols is 1. The first-order chi connectivity index (χ1) is 16.4. The number of methoxy groups -OCH3 is 1. The van der Waals surface area contributed by atoms with Crippen LogP contribution in [-0.2, 0) is 17.9 Å². The lowest BCUT2D eigenvalue weighted by molar-refractivity contribution is -0.120. The predicted molar refractivity (Wildman–Crippen MR) is 142 cm³/mol. The van der Waals surface area contributed by atoms with Gasteiger partial charge in [-0.3, -0.25) is 4.79 Å². The molecule has 0 aliphatic carbocycles. The maximum absolute atomic E-state index is 12.5. The summed E-state index contributed by atoms with van der Waals surface area (Å²) in [5.74, 6) is 0.824. The van der Waals surface area contributed by atoms with E-state index in [2.05, 4.69) is 55.2 Å². The monoisotopic (exact) mass is 592 g/mol. The average molecular weight is 592 g/mol. The SMILES string of the molecule is C=CCn1c(CNc2ccc(I)cc2)nnc1SC(C)C(=O)N/N=C/c1ccc(O)c(OC)c1. The Balaban J connectivity index is 1.60. The largest absolute Gasteiger partial charge is 0.504 e. The van der Waals surface area contributed by atoms with Crippen LogP contribution in [0.4, 0.5) is 5.69 Å². The van der Waals surface area contributed by atoms with Crippen molar-refractivity contribution < 1.29 is 14.6 Å². The molecule has 1 heterocycles. The first-order valence-electron chi connectivity index (χ1n) is 10.3. The van der Waals surface area contributed by atoms with Crippen molar-refractivity contribution in [3.63, 3.8) is 0 Å². The van der Waals surface area contributed by atoms with Crippen LogP contribution in [0.2, 0.25) is 0 Å². The number of phenolic OH excluding ortho intramolecular Hbond substituents is 1. The maximum Gasteiger partial charge on any atom is 0.253 e. The smallest absolute Gasteiger partial charge is 0.253 e. The Morgan fingerprint density at radius 2 is 2.09 bits per heavy atom. The molecule has 0 radical (unpaired) electrons. The van der Waals surface area contributed by atoms with Crippen LogP contribution in [0.15, 0.2) is 65.4 Å². The molecule has 0 spiro atoms. The molecule has 1 unspecified atom stereocenters. The van der Waals surface area contributed by atoms with Gasteiger partial charge in [-0.25, -0.2) is 5.43 Å². The molecule has 1 aromatic heterocycles. The first-order valence-corrected chi connectivity index (χ1v) is 12.3. The van der Waals surface area contributed by atoms with Crippen molar-refractivity contribution in [2.24, 2.45) is 5.10 Å². The molecular formula is C23H25IN6O3S. The highest BCUT2D eigenvalue weighted by Crippen LogP contribution is 2.26. The second-order valence-electron chi connectivity index (χ2n) is 7.08. The number of benzene rings is 2. The third kappa shape index (κ3) is 6.97. The maximum atomic E-state index is 12.5. The van der Waals surface area contributed by atoms with E-state index in [1.54, 1.807) is 25.1 Å². The number of thioether (sulfide) groups is 1. The summed E-state index contributed by atoms with van der Waals surface area (Å²) in [6.45, 7) is 6.60. The standard InChI is InChI=1S/C23H25IN6O3S/c1-4-11-30-21(14-25-18-8-6-17(24)7-9-18)27-29-23(30)34-15(2)22(32)28-26-13-16-5-10-19(31)20(12-16)33-3/h4-10,12-13,15,25,31H,1,11,14H2,2-3H3,(H,28,32)/b26-13+. The topological polar surface area (TPSA) is 114 Å². The number of carbonyl (C=O) groups is 1. The molecule has 34 heavy (non-hydrogen) atoms. The zero-order chi connectivity index (χ0) is 24.5. The van der Waals surface area contributed by atoms with Crippen molar-refractivity contribution in [3.8, 4) is 11.5 Å². The Bertz CT molecular complexity index is 1170. The number of amides is 1. The van der Waals surface area contributed by atoms with E-state index < -0.39 is 5.25 Å². The van der Waals surface area contributed by atoms with Crippen LogP contribution in [0, 0.1) is 3.57 Å². The molecule has 0 fully saturated rings. The number of nitrogens with one attached hydrogen (secondary N) is 2. The summed E-state index contributed by atoms with van der Waals surface area (Å²) in [6.07, 6.45) is 3.24. The molecule has 1 atom stereocenters. The highest BCUT2D eigenvalue weighted by atomic mass is 127. The lowest BCUT2D eigenvalue weighted by Gasteiger charge is -2.12. The number of halogens is 1. The van der Waals surface area contributed by atoms with Crippen LogP contribution in [0.3, 0.4) is 0 Å². The molecule has 1 amide bonds. The number of aromatic nitrogens is 3. The highest BCUT2D eigenvalue weighted by Gasteiger charge is 2.19. The van der Waals surface area contributed by atoms with Gasteiger partial charge >= 0.3 is 0 Å². The van der Waals surface area contributed by atoms with Gasteiger partial charge in [0, 0.05) is 15.8 Å². The minimum absolute atomic E-state index is 0.0328.